The molecule has 0 spiro atoms. The number of alkyl halides is 5. The lowest BCUT2D eigenvalue weighted by atomic mass is 10.3. The first kappa shape index (κ1) is 18.4. The van der Waals surface area contributed by atoms with Crippen molar-refractivity contribution in [3.8, 4) is 0 Å². The summed E-state index contributed by atoms with van der Waals surface area (Å²) in [5.41, 5.74) is 0. The molecule has 1 rings (SSSR count). The van der Waals surface area contributed by atoms with Crippen molar-refractivity contribution < 1.29 is 52.7 Å². The molecule has 0 amide bonds. The molecule has 0 unspecified atom stereocenters. The third-order valence-corrected chi connectivity index (χ3v) is 1.54. The molecule has 0 saturated heterocycles. The van der Waals surface area contributed by atoms with Crippen LogP contribution in [0, 0.1) is 0 Å². The van der Waals surface area contributed by atoms with Crippen LogP contribution < -0.4 is 0 Å². The topological polar surface area (TPSA) is 0 Å². The van der Waals surface area contributed by atoms with Gasteiger partial charge in [0.25, 0.3) is 5.83 Å². The molecule has 0 bridgehead atoms. The maximum absolute atomic E-state index is 11.9. The van der Waals surface area contributed by atoms with Gasteiger partial charge in [0.2, 0.25) is 11.7 Å². The molecular formula is C8F12. The van der Waals surface area contributed by atoms with Gasteiger partial charge in [0.05, 0.1) is 0 Å². The quantitative estimate of drug-likeness (QED) is 0.512. The normalized spacial score (nSPS) is 18.0. The summed E-state index contributed by atoms with van der Waals surface area (Å²) in [4.78, 5) is 0. The first-order chi connectivity index (χ1) is 8.74. The number of rotatable bonds is 0. The molecule has 116 valence electrons. The van der Waals surface area contributed by atoms with Gasteiger partial charge in [-0.2, -0.15) is 35.1 Å². The summed E-state index contributed by atoms with van der Waals surface area (Å²) in [6.45, 7) is 0. The molecule has 20 heavy (non-hydrogen) atoms. The highest BCUT2D eigenvalue weighted by molar-refractivity contribution is 5.41. The summed E-state index contributed by atoms with van der Waals surface area (Å²) >= 11 is 0. The zero-order chi connectivity index (χ0) is 16.5. The Balaban J connectivity index is 0.000000370. The van der Waals surface area contributed by atoms with Crippen molar-refractivity contribution in [2.75, 3.05) is 0 Å². The minimum absolute atomic E-state index is 2.47. The van der Waals surface area contributed by atoms with Gasteiger partial charge in [0.15, 0.2) is 11.7 Å². The van der Waals surface area contributed by atoms with Crippen LogP contribution in [0.2, 0.25) is 0 Å². The Morgan fingerprint density at radius 3 is 1.10 bits per heavy atom. The molecule has 1 aliphatic rings. The lowest BCUT2D eigenvalue weighted by Crippen LogP contribution is -2.14. The Labute approximate surface area is 101 Å². The van der Waals surface area contributed by atoms with Crippen molar-refractivity contribution in [1.82, 2.24) is 0 Å². The second kappa shape index (κ2) is 5.79. The average Bonchev–Trinajstić information content (AvgIpc) is 2.44. The highest BCUT2D eigenvalue weighted by atomic mass is 19.4. The summed E-state index contributed by atoms with van der Waals surface area (Å²) in [7, 11) is 0. The number of hydrogen-bond acceptors (Lipinski definition) is 0. The Kier molecular flexibility index (Phi) is 5.32. The van der Waals surface area contributed by atoms with E-state index in [0.717, 1.165) is 0 Å². The van der Waals surface area contributed by atoms with Crippen molar-refractivity contribution in [2.45, 2.75) is 12.1 Å². The van der Waals surface area contributed by atoms with Gasteiger partial charge in [-0.25, -0.2) is 17.6 Å². The van der Waals surface area contributed by atoms with Gasteiger partial charge in [-0.15, -0.1) is 0 Å². The molecule has 0 aliphatic heterocycles. The van der Waals surface area contributed by atoms with E-state index in [9.17, 15) is 52.7 Å². The van der Waals surface area contributed by atoms with Crippen LogP contribution >= 0.6 is 0 Å². The summed E-state index contributed by atoms with van der Waals surface area (Å²) in [6, 6.07) is 0. The number of allylic oxidation sites excluding steroid dienone is 5. The van der Waals surface area contributed by atoms with E-state index in [1.165, 1.54) is 0 Å². The fourth-order valence-electron chi connectivity index (χ4n) is 0.672. The summed E-state index contributed by atoms with van der Waals surface area (Å²) < 4.78 is 136. The third kappa shape index (κ3) is 3.70. The van der Waals surface area contributed by atoms with Crippen molar-refractivity contribution in [3.63, 3.8) is 0 Å². The van der Waals surface area contributed by atoms with Gasteiger partial charge >= 0.3 is 18.2 Å². The Bertz CT molecular complexity index is 446. The average molecular weight is 324 g/mol. The summed E-state index contributed by atoms with van der Waals surface area (Å²) in [5, 5.41) is 0. The van der Waals surface area contributed by atoms with E-state index in [1.54, 1.807) is 0 Å². The first-order valence-electron chi connectivity index (χ1n) is 4.02. The standard InChI is InChI=1S/C5F6.C3F6/c6-1-2(7)4(9)5(10,11)3(1)8;4-1(2(5)6)3(7,8)9. The van der Waals surface area contributed by atoms with E-state index in [4.69, 9.17) is 0 Å². The van der Waals surface area contributed by atoms with Gasteiger partial charge in [0, 0.05) is 0 Å². The number of halogens is 12. The van der Waals surface area contributed by atoms with E-state index in [-0.39, 0.29) is 0 Å². The van der Waals surface area contributed by atoms with Crippen LogP contribution in [-0.2, 0) is 0 Å². The lowest BCUT2D eigenvalue weighted by molar-refractivity contribution is -0.113. The Morgan fingerprint density at radius 2 is 1.05 bits per heavy atom. The summed E-state index contributed by atoms with van der Waals surface area (Å²) in [5.74, 6) is -18.5. The fourth-order valence-corrected chi connectivity index (χ4v) is 0.672. The van der Waals surface area contributed by atoms with Gasteiger partial charge in [-0.3, -0.25) is 0 Å². The molecule has 0 atom stereocenters. The van der Waals surface area contributed by atoms with E-state index < -0.39 is 47.3 Å². The SMILES string of the molecule is FC(F)=C(F)C(F)(F)F.FC1=C(F)C(F)(F)C(F)=C1F. The predicted octanol–water partition coefficient (Wildman–Crippen LogP) is 5.56. The minimum Gasteiger partial charge on any atom is -0.201 e. The van der Waals surface area contributed by atoms with Crippen LogP contribution in [-0.4, -0.2) is 12.1 Å². The van der Waals surface area contributed by atoms with Crippen LogP contribution in [0.25, 0.3) is 0 Å². The van der Waals surface area contributed by atoms with Crippen molar-refractivity contribution in [3.05, 3.63) is 35.2 Å². The second-order valence-electron chi connectivity index (χ2n) is 2.90. The van der Waals surface area contributed by atoms with Crippen LogP contribution in [0.5, 0.6) is 0 Å². The maximum Gasteiger partial charge on any atom is 0.448 e. The molecule has 0 saturated carbocycles. The molecule has 0 radical (unpaired) electrons. The van der Waals surface area contributed by atoms with Crippen LogP contribution in [0.1, 0.15) is 0 Å². The van der Waals surface area contributed by atoms with Crippen LogP contribution in [0.3, 0.4) is 0 Å². The summed E-state index contributed by atoms with van der Waals surface area (Å²) in [6.07, 6.45) is -8.90. The van der Waals surface area contributed by atoms with Gasteiger partial charge in [-0.05, 0) is 0 Å². The van der Waals surface area contributed by atoms with E-state index in [2.05, 4.69) is 0 Å². The maximum atomic E-state index is 11.9. The third-order valence-electron chi connectivity index (χ3n) is 1.54. The van der Waals surface area contributed by atoms with Crippen LogP contribution in [0.4, 0.5) is 52.7 Å². The number of hydrogen-bond donors (Lipinski definition) is 0. The minimum atomic E-state index is -5.56. The largest absolute Gasteiger partial charge is 0.448 e. The predicted molar refractivity (Wildman–Crippen MR) is 39.8 cm³/mol. The monoisotopic (exact) mass is 324 g/mol. The Morgan fingerprint density at radius 1 is 0.750 bits per heavy atom. The van der Waals surface area contributed by atoms with E-state index in [0.29, 0.717) is 0 Å². The van der Waals surface area contributed by atoms with Crippen molar-refractivity contribution in [2.24, 2.45) is 0 Å². The zero-order valence-corrected chi connectivity index (χ0v) is 8.54. The molecular weight excluding hydrogens is 324 g/mol. The molecule has 0 nitrogen and oxygen atoms in total. The highest BCUT2D eigenvalue weighted by Gasteiger charge is 2.52. The smallest absolute Gasteiger partial charge is 0.201 e. The van der Waals surface area contributed by atoms with Crippen LogP contribution in [0.15, 0.2) is 35.2 Å². The molecule has 0 heterocycles. The van der Waals surface area contributed by atoms with Gasteiger partial charge < -0.3 is 0 Å². The van der Waals surface area contributed by atoms with Crippen molar-refractivity contribution >= 4 is 0 Å². The molecule has 12 heteroatoms. The second-order valence-corrected chi connectivity index (χ2v) is 2.90. The lowest BCUT2D eigenvalue weighted by Gasteiger charge is -2.04. The fraction of sp³-hybridized carbons (Fsp3) is 0.250. The highest BCUT2D eigenvalue weighted by Crippen LogP contribution is 2.46. The first-order valence-corrected chi connectivity index (χ1v) is 4.02. The van der Waals surface area contributed by atoms with Gasteiger partial charge in [-0.1, -0.05) is 0 Å². The Hall–Kier alpha value is -1.62. The molecule has 1 aliphatic carbocycles. The van der Waals surface area contributed by atoms with Gasteiger partial charge in [0.1, 0.15) is 0 Å². The molecule has 0 aromatic heterocycles. The van der Waals surface area contributed by atoms with E-state index in [1.807, 2.05) is 0 Å². The zero-order valence-electron chi connectivity index (χ0n) is 8.54. The molecule has 0 N–H and O–H groups in total. The van der Waals surface area contributed by atoms with Crippen molar-refractivity contribution in [1.29, 1.82) is 0 Å². The van der Waals surface area contributed by atoms with E-state index >= 15 is 0 Å². The molecule has 0 aromatic rings. The molecule has 0 fully saturated rings. The molecule has 0 aromatic carbocycles.